The van der Waals surface area contributed by atoms with Crippen LogP contribution in [0.4, 0.5) is 0 Å². The summed E-state index contributed by atoms with van der Waals surface area (Å²) in [7, 11) is 1.49. The van der Waals surface area contributed by atoms with Crippen LogP contribution in [-0.4, -0.2) is 29.5 Å². The average molecular weight is 330 g/mol. The fraction of sp³-hybridized carbons (Fsp3) is 0.474. The van der Waals surface area contributed by atoms with Gasteiger partial charge >= 0.3 is 5.91 Å². The van der Waals surface area contributed by atoms with Crippen molar-refractivity contribution in [1.82, 2.24) is 10.4 Å². The molecule has 0 saturated heterocycles. The second-order valence-corrected chi connectivity index (χ2v) is 7.45. The largest absolute Gasteiger partial charge is 0.496 e. The number of para-hydroxylation sites is 1. The SMILES string of the molecule is COc1ccccc1C(=O)NN(C(=O)C#CC(C)(C)C)C(C)(C)C. The summed E-state index contributed by atoms with van der Waals surface area (Å²) in [5.74, 6) is 5.06. The molecule has 0 aliphatic rings. The summed E-state index contributed by atoms with van der Waals surface area (Å²) in [6.45, 7) is 11.2. The van der Waals surface area contributed by atoms with Crippen LogP contribution in [0, 0.1) is 17.3 Å². The molecule has 0 saturated carbocycles. The molecule has 5 nitrogen and oxygen atoms in total. The van der Waals surface area contributed by atoms with E-state index in [0.29, 0.717) is 11.3 Å². The molecule has 1 rings (SSSR count). The first-order chi connectivity index (χ1) is 11.0. The summed E-state index contributed by atoms with van der Waals surface area (Å²) in [5.41, 5.74) is 2.08. The molecule has 0 aromatic heterocycles. The van der Waals surface area contributed by atoms with Gasteiger partial charge in [0.25, 0.3) is 5.91 Å². The highest BCUT2D eigenvalue weighted by Crippen LogP contribution is 2.18. The minimum Gasteiger partial charge on any atom is -0.496 e. The van der Waals surface area contributed by atoms with Crippen LogP contribution in [0.5, 0.6) is 5.75 Å². The second-order valence-electron chi connectivity index (χ2n) is 7.45. The van der Waals surface area contributed by atoms with Gasteiger partial charge in [-0.25, -0.2) is 5.01 Å². The van der Waals surface area contributed by atoms with E-state index in [4.69, 9.17) is 4.74 Å². The Kier molecular flexibility index (Phi) is 6.03. The van der Waals surface area contributed by atoms with E-state index >= 15 is 0 Å². The topological polar surface area (TPSA) is 58.6 Å². The number of benzene rings is 1. The Hall–Kier alpha value is -2.48. The highest BCUT2D eigenvalue weighted by Gasteiger charge is 2.28. The predicted octanol–water partition coefficient (Wildman–Crippen LogP) is 3.02. The molecule has 1 N–H and O–H groups in total. The number of hydrogen-bond donors (Lipinski definition) is 1. The van der Waals surface area contributed by atoms with E-state index in [1.807, 2.05) is 41.5 Å². The molecule has 1 aromatic carbocycles. The molecule has 5 heteroatoms. The quantitative estimate of drug-likeness (QED) is 0.670. The molecule has 0 heterocycles. The Bertz CT molecular complexity index is 670. The first-order valence-corrected chi connectivity index (χ1v) is 7.77. The zero-order valence-corrected chi connectivity index (χ0v) is 15.5. The lowest BCUT2D eigenvalue weighted by molar-refractivity contribution is -0.132. The molecule has 1 aromatic rings. The molecule has 0 aliphatic heterocycles. The third kappa shape index (κ3) is 5.62. The maximum Gasteiger partial charge on any atom is 0.317 e. The number of hydrazine groups is 1. The van der Waals surface area contributed by atoms with Gasteiger partial charge in [0, 0.05) is 5.41 Å². The van der Waals surface area contributed by atoms with Gasteiger partial charge < -0.3 is 4.74 Å². The van der Waals surface area contributed by atoms with Gasteiger partial charge in [0.15, 0.2) is 0 Å². The minimum atomic E-state index is -0.624. The maximum atomic E-state index is 12.6. The third-order valence-corrected chi connectivity index (χ3v) is 2.98. The lowest BCUT2D eigenvalue weighted by atomic mass is 9.98. The summed E-state index contributed by atoms with van der Waals surface area (Å²) in [4.78, 5) is 25.0. The molecule has 0 spiro atoms. The molecule has 0 bridgehead atoms. The van der Waals surface area contributed by atoms with E-state index in [9.17, 15) is 9.59 Å². The van der Waals surface area contributed by atoms with Crippen molar-refractivity contribution in [2.75, 3.05) is 7.11 Å². The molecule has 0 unspecified atom stereocenters. The van der Waals surface area contributed by atoms with E-state index in [-0.39, 0.29) is 5.41 Å². The summed E-state index contributed by atoms with van der Waals surface area (Å²) >= 11 is 0. The van der Waals surface area contributed by atoms with Crippen molar-refractivity contribution in [2.24, 2.45) is 5.41 Å². The van der Waals surface area contributed by atoms with Crippen molar-refractivity contribution in [3.05, 3.63) is 29.8 Å². The average Bonchev–Trinajstić information content (AvgIpc) is 2.48. The Balaban J connectivity index is 3.09. The summed E-state index contributed by atoms with van der Waals surface area (Å²) in [6.07, 6.45) is 0. The molecule has 2 amide bonds. The standard InChI is InChI=1S/C19H26N2O3/c1-18(2,3)13-12-16(22)21(19(4,5)6)20-17(23)14-10-8-9-11-15(14)24-7/h8-11H,1-7H3,(H,20,23). The fourth-order valence-electron chi connectivity index (χ4n) is 1.81. The number of methoxy groups -OCH3 is 1. The highest BCUT2D eigenvalue weighted by atomic mass is 16.5. The van der Waals surface area contributed by atoms with E-state index in [2.05, 4.69) is 17.3 Å². The first kappa shape index (κ1) is 19.6. The van der Waals surface area contributed by atoms with Crippen molar-refractivity contribution in [3.63, 3.8) is 0 Å². The smallest absolute Gasteiger partial charge is 0.317 e. The van der Waals surface area contributed by atoms with Crippen LogP contribution in [-0.2, 0) is 4.79 Å². The van der Waals surface area contributed by atoms with Gasteiger partial charge in [0.05, 0.1) is 18.2 Å². The van der Waals surface area contributed by atoms with Crippen molar-refractivity contribution in [3.8, 4) is 17.6 Å². The van der Waals surface area contributed by atoms with Gasteiger partial charge in [0.1, 0.15) is 5.75 Å². The monoisotopic (exact) mass is 330 g/mol. The summed E-state index contributed by atoms with van der Waals surface area (Å²) < 4.78 is 5.19. The number of carbonyl (C=O) groups excluding carboxylic acids is 2. The number of ether oxygens (including phenoxy) is 1. The highest BCUT2D eigenvalue weighted by molar-refractivity contribution is 6.00. The molecule has 0 aliphatic carbocycles. The number of rotatable bonds is 2. The van der Waals surface area contributed by atoms with Crippen LogP contribution in [0.3, 0.4) is 0 Å². The third-order valence-electron chi connectivity index (χ3n) is 2.98. The van der Waals surface area contributed by atoms with Crippen LogP contribution < -0.4 is 10.2 Å². The number of carbonyl (C=O) groups is 2. The van der Waals surface area contributed by atoms with E-state index in [1.54, 1.807) is 24.3 Å². The number of nitrogens with zero attached hydrogens (tertiary/aromatic N) is 1. The number of amides is 2. The van der Waals surface area contributed by atoms with Gasteiger partial charge in [-0.05, 0) is 59.6 Å². The van der Waals surface area contributed by atoms with E-state index in [0.717, 1.165) is 0 Å². The fourth-order valence-corrected chi connectivity index (χ4v) is 1.81. The molecular weight excluding hydrogens is 304 g/mol. The van der Waals surface area contributed by atoms with Gasteiger partial charge in [-0.1, -0.05) is 18.1 Å². The molecule has 0 fully saturated rings. The van der Waals surface area contributed by atoms with Gasteiger partial charge in [-0.15, -0.1) is 0 Å². The van der Waals surface area contributed by atoms with E-state index < -0.39 is 17.4 Å². The van der Waals surface area contributed by atoms with Gasteiger partial charge in [0.2, 0.25) is 0 Å². The lowest BCUT2D eigenvalue weighted by Crippen LogP contribution is -2.55. The molecule has 130 valence electrons. The number of hydrogen-bond acceptors (Lipinski definition) is 3. The first-order valence-electron chi connectivity index (χ1n) is 7.77. The van der Waals surface area contributed by atoms with Gasteiger partial charge in [-0.3, -0.25) is 15.0 Å². The maximum absolute atomic E-state index is 12.6. The molecule has 0 atom stereocenters. The van der Waals surface area contributed by atoms with Crippen LogP contribution >= 0.6 is 0 Å². The Morgan fingerprint density at radius 3 is 2.17 bits per heavy atom. The zero-order chi connectivity index (χ0) is 18.5. The molecule has 24 heavy (non-hydrogen) atoms. The Morgan fingerprint density at radius 2 is 1.67 bits per heavy atom. The lowest BCUT2D eigenvalue weighted by Gasteiger charge is -2.34. The van der Waals surface area contributed by atoms with E-state index in [1.165, 1.54) is 12.1 Å². The van der Waals surface area contributed by atoms with Crippen LogP contribution in [0.2, 0.25) is 0 Å². The van der Waals surface area contributed by atoms with Crippen molar-refractivity contribution >= 4 is 11.8 Å². The van der Waals surface area contributed by atoms with Crippen LogP contribution in [0.25, 0.3) is 0 Å². The van der Waals surface area contributed by atoms with Crippen molar-refractivity contribution in [2.45, 2.75) is 47.1 Å². The minimum absolute atomic E-state index is 0.300. The summed E-state index contributed by atoms with van der Waals surface area (Å²) in [6, 6.07) is 6.84. The van der Waals surface area contributed by atoms with Gasteiger partial charge in [-0.2, -0.15) is 0 Å². The van der Waals surface area contributed by atoms with Crippen LogP contribution in [0.1, 0.15) is 51.9 Å². The Morgan fingerprint density at radius 1 is 1.08 bits per heavy atom. The zero-order valence-electron chi connectivity index (χ0n) is 15.5. The molecular formula is C19H26N2O3. The predicted molar refractivity (Wildman–Crippen MR) is 94.3 cm³/mol. The summed E-state index contributed by atoms with van der Waals surface area (Å²) in [5, 5.41) is 1.25. The van der Waals surface area contributed by atoms with Crippen molar-refractivity contribution in [1.29, 1.82) is 0 Å². The van der Waals surface area contributed by atoms with Crippen molar-refractivity contribution < 1.29 is 14.3 Å². The normalized spacial score (nSPS) is 11.1. The second kappa shape index (κ2) is 7.39. The Labute approximate surface area is 144 Å². The van der Waals surface area contributed by atoms with Crippen LogP contribution in [0.15, 0.2) is 24.3 Å². The molecule has 0 radical (unpaired) electrons. The number of nitrogens with one attached hydrogen (secondary N) is 1.